The van der Waals surface area contributed by atoms with Crippen molar-refractivity contribution in [2.24, 2.45) is 0 Å². The van der Waals surface area contributed by atoms with Crippen LogP contribution < -0.4 is 0 Å². The summed E-state index contributed by atoms with van der Waals surface area (Å²) < 4.78 is 2.15. The summed E-state index contributed by atoms with van der Waals surface area (Å²) in [5, 5.41) is 0.868. The van der Waals surface area contributed by atoms with Gasteiger partial charge in [0, 0.05) is 18.8 Å². The number of hydrogen-bond acceptors (Lipinski definition) is 3. The Balaban J connectivity index is 1.56. The van der Waals surface area contributed by atoms with Gasteiger partial charge in [-0.05, 0) is 37.1 Å². The molecule has 1 fully saturated rings. The molecule has 0 saturated heterocycles. The first-order valence-electron chi connectivity index (χ1n) is 9.65. The second kappa shape index (κ2) is 8.17. The van der Waals surface area contributed by atoms with Gasteiger partial charge in [-0.3, -0.25) is 9.36 Å². The van der Waals surface area contributed by atoms with Gasteiger partial charge < -0.3 is 4.90 Å². The van der Waals surface area contributed by atoms with Crippen LogP contribution in [0.25, 0.3) is 16.7 Å². The number of fused-ring (bicyclic) bond motifs is 1. The fraction of sp³-hybridized carbons (Fsp3) is 0.364. The zero-order valence-corrected chi connectivity index (χ0v) is 16.5. The Morgan fingerprint density at radius 3 is 2.56 bits per heavy atom. The van der Waals surface area contributed by atoms with Gasteiger partial charge in [0.05, 0.1) is 16.8 Å². The molecular formula is C22H25N3OS. The van der Waals surface area contributed by atoms with E-state index in [1.54, 1.807) is 0 Å². The van der Waals surface area contributed by atoms with Crippen LogP contribution in [0.15, 0.2) is 59.8 Å². The highest BCUT2D eigenvalue weighted by Gasteiger charge is 2.23. The van der Waals surface area contributed by atoms with E-state index in [0.717, 1.165) is 34.7 Å². The lowest BCUT2D eigenvalue weighted by atomic mass is 9.94. The summed E-state index contributed by atoms with van der Waals surface area (Å²) in [4.78, 5) is 19.5. The molecule has 1 saturated carbocycles. The van der Waals surface area contributed by atoms with Crippen molar-refractivity contribution in [2.75, 3.05) is 12.8 Å². The summed E-state index contributed by atoms with van der Waals surface area (Å²) in [6, 6.07) is 18.8. The molecule has 0 N–H and O–H groups in total. The highest BCUT2D eigenvalue weighted by atomic mass is 32.2. The summed E-state index contributed by atoms with van der Waals surface area (Å²) in [6.45, 7) is 0. The van der Waals surface area contributed by atoms with Crippen molar-refractivity contribution in [1.82, 2.24) is 14.5 Å². The number of carbonyl (C=O) groups is 1. The highest BCUT2D eigenvalue weighted by molar-refractivity contribution is 7.99. The van der Waals surface area contributed by atoms with Crippen molar-refractivity contribution >= 4 is 28.7 Å². The quantitative estimate of drug-likeness (QED) is 0.591. The third-order valence-electron chi connectivity index (χ3n) is 5.38. The van der Waals surface area contributed by atoms with Gasteiger partial charge in [-0.25, -0.2) is 4.98 Å². The van der Waals surface area contributed by atoms with Crippen LogP contribution in [0.1, 0.15) is 32.1 Å². The molecule has 3 aromatic rings. The number of amides is 1. The molecule has 1 amide bonds. The minimum Gasteiger partial charge on any atom is -0.342 e. The molecule has 0 spiro atoms. The van der Waals surface area contributed by atoms with Crippen molar-refractivity contribution in [2.45, 2.75) is 43.3 Å². The SMILES string of the molecule is CN(C(=O)CSc1nc2ccccc2n1-c1ccccc1)C1CCCCC1. The van der Waals surface area contributed by atoms with E-state index in [9.17, 15) is 4.79 Å². The van der Waals surface area contributed by atoms with E-state index >= 15 is 0 Å². The molecule has 140 valence electrons. The summed E-state index contributed by atoms with van der Waals surface area (Å²) in [7, 11) is 1.96. The summed E-state index contributed by atoms with van der Waals surface area (Å²) in [5.41, 5.74) is 3.10. The van der Waals surface area contributed by atoms with Crippen LogP contribution in [-0.2, 0) is 4.79 Å². The predicted molar refractivity (Wildman–Crippen MR) is 111 cm³/mol. The maximum absolute atomic E-state index is 12.7. The number of nitrogens with zero attached hydrogens (tertiary/aromatic N) is 3. The standard InChI is InChI=1S/C22H25N3OS/c1-24(17-10-4-2-5-11-17)21(26)16-27-22-23-19-14-8-9-15-20(19)25(22)18-12-6-3-7-13-18/h3,6-9,12-15,17H,2,4-5,10-11,16H2,1H3. The Morgan fingerprint density at radius 2 is 1.78 bits per heavy atom. The Morgan fingerprint density at radius 1 is 1.07 bits per heavy atom. The first-order valence-corrected chi connectivity index (χ1v) is 10.6. The lowest BCUT2D eigenvalue weighted by Crippen LogP contribution is -2.39. The fourth-order valence-electron chi connectivity index (χ4n) is 3.83. The van der Waals surface area contributed by atoms with E-state index < -0.39 is 0 Å². The molecule has 5 heteroatoms. The molecular weight excluding hydrogens is 354 g/mol. The zero-order chi connectivity index (χ0) is 18.6. The molecule has 0 atom stereocenters. The van der Waals surface area contributed by atoms with Gasteiger partial charge in [0.2, 0.25) is 5.91 Å². The van der Waals surface area contributed by atoms with Gasteiger partial charge in [0.1, 0.15) is 0 Å². The smallest absolute Gasteiger partial charge is 0.233 e. The number of rotatable bonds is 5. The van der Waals surface area contributed by atoms with Gasteiger partial charge in [-0.2, -0.15) is 0 Å². The van der Waals surface area contributed by atoms with Crippen molar-refractivity contribution < 1.29 is 4.79 Å². The van der Waals surface area contributed by atoms with Crippen LogP contribution in [0.3, 0.4) is 0 Å². The van der Waals surface area contributed by atoms with Gasteiger partial charge in [0.15, 0.2) is 5.16 Å². The molecule has 1 aromatic heterocycles. The molecule has 1 aliphatic rings. The summed E-state index contributed by atoms with van der Waals surface area (Å²) in [5.74, 6) is 0.613. The summed E-state index contributed by atoms with van der Waals surface area (Å²) in [6.07, 6.45) is 6.04. The Bertz CT molecular complexity index is 916. The molecule has 27 heavy (non-hydrogen) atoms. The van der Waals surface area contributed by atoms with Gasteiger partial charge >= 0.3 is 0 Å². The van der Waals surface area contributed by atoms with Crippen LogP contribution in [0.5, 0.6) is 0 Å². The molecule has 0 aliphatic heterocycles. The first-order chi connectivity index (χ1) is 13.2. The lowest BCUT2D eigenvalue weighted by Gasteiger charge is -2.31. The minimum atomic E-state index is 0.193. The second-order valence-corrected chi connectivity index (χ2v) is 8.08. The zero-order valence-electron chi connectivity index (χ0n) is 15.7. The van der Waals surface area contributed by atoms with E-state index in [-0.39, 0.29) is 5.91 Å². The molecule has 2 aromatic carbocycles. The number of aromatic nitrogens is 2. The third kappa shape index (κ3) is 3.88. The largest absolute Gasteiger partial charge is 0.342 e. The molecule has 1 heterocycles. The Hall–Kier alpha value is -2.27. The van der Waals surface area contributed by atoms with Crippen LogP contribution >= 0.6 is 11.8 Å². The number of para-hydroxylation sites is 3. The van der Waals surface area contributed by atoms with Crippen molar-refractivity contribution in [3.63, 3.8) is 0 Å². The number of benzene rings is 2. The molecule has 1 aliphatic carbocycles. The number of carbonyl (C=O) groups excluding carboxylic acids is 1. The molecule has 4 rings (SSSR count). The van der Waals surface area contributed by atoms with Crippen LogP contribution in [-0.4, -0.2) is 39.2 Å². The van der Waals surface area contributed by atoms with Crippen molar-refractivity contribution in [3.05, 3.63) is 54.6 Å². The number of thioether (sulfide) groups is 1. The maximum Gasteiger partial charge on any atom is 0.233 e. The lowest BCUT2D eigenvalue weighted by molar-refractivity contribution is -0.129. The van der Waals surface area contributed by atoms with Gasteiger partial charge in [-0.15, -0.1) is 0 Å². The predicted octanol–water partition coefficient (Wildman–Crippen LogP) is 4.91. The monoisotopic (exact) mass is 379 g/mol. The van der Waals surface area contributed by atoms with Crippen molar-refractivity contribution in [3.8, 4) is 5.69 Å². The molecule has 0 unspecified atom stereocenters. The average Bonchev–Trinajstić information content (AvgIpc) is 3.11. The first kappa shape index (κ1) is 18.1. The second-order valence-electron chi connectivity index (χ2n) is 7.14. The van der Waals surface area contributed by atoms with Gasteiger partial charge in [0.25, 0.3) is 0 Å². The van der Waals surface area contributed by atoms with Crippen molar-refractivity contribution in [1.29, 1.82) is 0 Å². The van der Waals surface area contributed by atoms with E-state index in [2.05, 4.69) is 22.8 Å². The molecule has 0 bridgehead atoms. The third-order valence-corrected chi connectivity index (χ3v) is 6.31. The topological polar surface area (TPSA) is 38.1 Å². The van der Waals surface area contributed by atoms with E-state index in [1.807, 2.05) is 48.3 Å². The summed E-state index contributed by atoms with van der Waals surface area (Å²) >= 11 is 1.53. The van der Waals surface area contributed by atoms with Crippen LogP contribution in [0, 0.1) is 0 Å². The number of hydrogen-bond donors (Lipinski definition) is 0. The van der Waals surface area contributed by atoms with Crippen LogP contribution in [0.2, 0.25) is 0 Å². The van der Waals surface area contributed by atoms with Crippen LogP contribution in [0.4, 0.5) is 0 Å². The average molecular weight is 380 g/mol. The maximum atomic E-state index is 12.7. The Labute approximate surface area is 164 Å². The van der Waals surface area contributed by atoms with E-state index in [4.69, 9.17) is 4.98 Å². The molecule has 4 nitrogen and oxygen atoms in total. The van der Waals surface area contributed by atoms with Gasteiger partial charge in [-0.1, -0.05) is 61.4 Å². The van der Waals surface area contributed by atoms with E-state index in [0.29, 0.717) is 11.8 Å². The van der Waals surface area contributed by atoms with E-state index in [1.165, 1.54) is 31.0 Å². The fourth-order valence-corrected chi connectivity index (χ4v) is 4.78. The molecule has 0 radical (unpaired) electrons. The highest BCUT2D eigenvalue weighted by Crippen LogP contribution is 2.29. The minimum absolute atomic E-state index is 0.193. The number of imidazole rings is 1. The Kier molecular flexibility index (Phi) is 5.48. The normalized spacial score (nSPS) is 15.1.